The summed E-state index contributed by atoms with van der Waals surface area (Å²) in [6, 6.07) is 13.6. The molecule has 2 unspecified atom stereocenters. The number of amides is 2. The summed E-state index contributed by atoms with van der Waals surface area (Å²) in [6.07, 6.45) is -0.416. The smallest absolute Gasteiger partial charge is 0.321 e. The van der Waals surface area contributed by atoms with Crippen LogP contribution in [-0.4, -0.2) is 23.9 Å². The van der Waals surface area contributed by atoms with Crippen molar-refractivity contribution < 1.29 is 14.1 Å². The van der Waals surface area contributed by atoms with Crippen LogP contribution < -0.4 is 16.4 Å². The van der Waals surface area contributed by atoms with Gasteiger partial charge in [0.05, 0.1) is 11.4 Å². The van der Waals surface area contributed by atoms with E-state index < -0.39 is 23.4 Å². The zero-order valence-corrected chi connectivity index (χ0v) is 13.7. The molecule has 2 aromatic rings. The van der Waals surface area contributed by atoms with E-state index in [2.05, 4.69) is 10.6 Å². The maximum absolute atomic E-state index is 12.5. The highest BCUT2D eigenvalue weighted by Gasteiger charge is 2.16. The second-order valence-electron chi connectivity index (χ2n) is 4.81. The summed E-state index contributed by atoms with van der Waals surface area (Å²) in [5, 5.41) is 5.21. The fraction of sp³-hybridized carbons (Fsp3) is 0.188. The van der Waals surface area contributed by atoms with E-state index in [1.165, 1.54) is 7.11 Å². The molecule has 0 heterocycles. The molecule has 0 fully saturated rings. The van der Waals surface area contributed by atoms with Crippen LogP contribution in [0.1, 0.15) is 6.92 Å². The lowest BCUT2D eigenvalue weighted by molar-refractivity contribution is 0.0984. The number of nitrogens with two attached hydrogens (primary N) is 1. The van der Waals surface area contributed by atoms with Crippen LogP contribution in [0.3, 0.4) is 0 Å². The summed E-state index contributed by atoms with van der Waals surface area (Å²) in [5.74, 6) is 0. The lowest BCUT2D eigenvalue weighted by atomic mass is 10.3. The average molecular weight is 333 g/mol. The van der Waals surface area contributed by atoms with Crippen molar-refractivity contribution in [3.05, 3.63) is 48.5 Å². The van der Waals surface area contributed by atoms with E-state index in [0.717, 1.165) is 0 Å². The van der Waals surface area contributed by atoms with Gasteiger partial charge in [0, 0.05) is 24.4 Å². The molecule has 0 bridgehead atoms. The molecule has 0 aromatic heterocycles. The number of benzene rings is 2. The Kier molecular flexibility index (Phi) is 5.86. The molecule has 2 aromatic carbocycles. The van der Waals surface area contributed by atoms with Crippen molar-refractivity contribution in [2.24, 2.45) is 0 Å². The molecular formula is C16H19N3O3S. The van der Waals surface area contributed by atoms with E-state index in [0.29, 0.717) is 21.2 Å². The molecule has 122 valence electrons. The molecule has 0 spiro atoms. The third-order valence-corrected chi connectivity index (χ3v) is 4.51. The highest BCUT2D eigenvalue weighted by atomic mass is 32.2. The number of anilines is 2. The van der Waals surface area contributed by atoms with Crippen LogP contribution >= 0.6 is 0 Å². The van der Waals surface area contributed by atoms with Crippen molar-refractivity contribution in [2.45, 2.75) is 22.9 Å². The lowest BCUT2D eigenvalue weighted by Gasteiger charge is -2.15. The van der Waals surface area contributed by atoms with Gasteiger partial charge in [0.2, 0.25) is 0 Å². The predicted molar refractivity (Wildman–Crippen MR) is 90.6 cm³/mol. The van der Waals surface area contributed by atoms with Gasteiger partial charge in [-0.3, -0.25) is 0 Å². The van der Waals surface area contributed by atoms with E-state index in [-0.39, 0.29) is 0 Å². The standard InChI is InChI=1S/C16H19N3O3S/c1-11(22-2)18-16(20)19-15-9-8-13(10-14(15)17)23(21)12-6-4-3-5-7-12/h3-11H,17H2,1-2H3,(H2,18,19,20). The SMILES string of the molecule is COC(C)NC(=O)Nc1ccc([S+]([O-])c2ccccc2)cc1N. The number of urea groups is 1. The van der Waals surface area contributed by atoms with Gasteiger partial charge >= 0.3 is 6.03 Å². The molecule has 0 radical (unpaired) electrons. The van der Waals surface area contributed by atoms with Gasteiger partial charge in [-0.1, -0.05) is 18.2 Å². The van der Waals surface area contributed by atoms with Crippen LogP contribution in [0.4, 0.5) is 16.2 Å². The molecule has 0 aliphatic rings. The minimum atomic E-state index is -1.32. The Balaban J connectivity index is 2.10. The molecule has 0 saturated carbocycles. The number of carbonyl (C=O) groups is 1. The first kappa shape index (κ1) is 17.1. The van der Waals surface area contributed by atoms with Crippen molar-refractivity contribution in [3.8, 4) is 0 Å². The van der Waals surface area contributed by atoms with E-state index in [1.807, 2.05) is 18.2 Å². The molecule has 2 atom stereocenters. The van der Waals surface area contributed by atoms with Gasteiger partial charge in [-0.15, -0.1) is 0 Å². The first-order valence-electron chi connectivity index (χ1n) is 6.98. The Bertz CT molecular complexity index is 667. The van der Waals surface area contributed by atoms with Crippen LogP contribution in [0.25, 0.3) is 0 Å². The number of ether oxygens (including phenoxy) is 1. The fourth-order valence-corrected chi connectivity index (χ4v) is 2.95. The molecule has 6 nitrogen and oxygen atoms in total. The van der Waals surface area contributed by atoms with Gasteiger partial charge in [0.1, 0.15) is 6.23 Å². The van der Waals surface area contributed by atoms with Gasteiger partial charge in [-0.25, -0.2) is 4.79 Å². The van der Waals surface area contributed by atoms with E-state index in [1.54, 1.807) is 37.3 Å². The van der Waals surface area contributed by atoms with Crippen LogP contribution in [0.15, 0.2) is 58.3 Å². The van der Waals surface area contributed by atoms with Gasteiger partial charge in [-0.05, 0) is 31.2 Å². The summed E-state index contributed by atoms with van der Waals surface area (Å²) in [5.41, 5.74) is 6.72. The van der Waals surface area contributed by atoms with Gasteiger partial charge in [0.25, 0.3) is 0 Å². The van der Waals surface area contributed by atoms with Gasteiger partial charge < -0.3 is 25.7 Å². The van der Waals surface area contributed by atoms with Crippen molar-refractivity contribution >= 4 is 28.6 Å². The Hall–Kier alpha value is -2.22. The van der Waals surface area contributed by atoms with Crippen molar-refractivity contribution in [3.63, 3.8) is 0 Å². The zero-order valence-electron chi connectivity index (χ0n) is 12.9. The first-order chi connectivity index (χ1) is 11.0. The van der Waals surface area contributed by atoms with Crippen LogP contribution in [0, 0.1) is 0 Å². The summed E-state index contributed by atoms with van der Waals surface area (Å²) in [6.45, 7) is 1.70. The monoisotopic (exact) mass is 333 g/mol. The Morgan fingerprint density at radius 3 is 2.52 bits per heavy atom. The number of nitrogen functional groups attached to an aromatic ring is 1. The van der Waals surface area contributed by atoms with Crippen molar-refractivity contribution in [1.82, 2.24) is 5.32 Å². The summed E-state index contributed by atoms with van der Waals surface area (Å²) >= 11 is -1.32. The second kappa shape index (κ2) is 7.87. The molecule has 4 N–H and O–H groups in total. The molecule has 2 rings (SSSR count). The van der Waals surface area contributed by atoms with Gasteiger partial charge in [-0.2, -0.15) is 0 Å². The number of carbonyl (C=O) groups excluding carboxylic acids is 1. The summed E-state index contributed by atoms with van der Waals surface area (Å²) in [4.78, 5) is 13.0. The molecular weight excluding hydrogens is 314 g/mol. The molecule has 0 aliphatic carbocycles. The van der Waals surface area contributed by atoms with E-state index in [9.17, 15) is 9.35 Å². The average Bonchev–Trinajstić information content (AvgIpc) is 2.56. The lowest BCUT2D eigenvalue weighted by Crippen LogP contribution is -2.37. The topological polar surface area (TPSA) is 99.4 Å². The predicted octanol–water partition coefficient (Wildman–Crippen LogP) is 2.55. The largest absolute Gasteiger partial charge is 0.606 e. The summed E-state index contributed by atoms with van der Waals surface area (Å²) in [7, 11) is 1.49. The Labute approximate surface area is 138 Å². The Morgan fingerprint density at radius 2 is 1.91 bits per heavy atom. The van der Waals surface area contributed by atoms with Crippen molar-refractivity contribution in [1.29, 1.82) is 0 Å². The number of methoxy groups -OCH3 is 1. The number of hydrogen-bond acceptors (Lipinski definition) is 4. The third kappa shape index (κ3) is 4.62. The van der Waals surface area contributed by atoms with Crippen LogP contribution in [0.2, 0.25) is 0 Å². The number of rotatable bonds is 5. The minimum absolute atomic E-state index is 0.340. The van der Waals surface area contributed by atoms with E-state index in [4.69, 9.17) is 10.5 Å². The Morgan fingerprint density at radius 1 is 1.22 bits per heavy atom. The fourth-order valence-electron chi connectivity index (χ4n) is 1.85. The summed E-state index contributed by atoms with van der Waals surface area (Å²) < 4.78 is 17.4. The molecule has 0 saturated heterocycles. The second-order valence-corrected chi connectivity index (χ2v) is 6.29. The quantitative estimate of drug-likeness (QED) is 0.445. The maximum atomic E-state index is 12.5. The zero-order chi connectivity index (χ0) is 16.8. The number of hydrogen-bond donors (Lipinski definition) is 3. The number of nitrogens with one attached hydrogen (secondary N) is 2. The third-order valence-electron chi connectivity index (χ3n) is 3.13. The normalized spacial score (nSPS) is 13.2. The highest BCUT2D eigenvalue weighted by Crippen LogP contribution is 2.26. The van der Waals surface area contributed by atoms with Crippen molar-refractivity contribution in [2.75, 3.05) is 18.2 Å². The first-order valence-corrected chi connectivity index (χ1v) is 8.13. The highest BCUT2D eigenvalue weighted by molar-refractivity contribution is 7.91. The van der Waals surface area contributed by atoms with Crippen LogP contribution in [-0.2, 0) is 15.9 Å². The van der Waals surface area contributed by atoms with Crippen LogP contribution in [0.5, 0.6) is 0 Å². The minimum Gasteiger partial charge on any atom is -0.606 e. The molecule has 23 heavy (non-hydrogen) atoms. The molecule has 7 heteroatoms. The van der Waals surface area contributed by atoms with Gasteiger partial charge in [0.15, 0.2) is 9.79 Å². The maximum Gasteiger partial charge on any atom is 0.321 e. The van der Waals surface area contributed by atoms with E-state index >= 15 is 0 Å². The molecule has 2 amide bonds. The molecule has 0 aliphatic heterocycles.